The lowest BCUT2D eigenvalue weighted by molar-refractivity contribution is -0.385. The first kappa shape index (κ1) is 16.2. The van der Waals surface area contributed by atoms with Gasteiger partial charge in [0.05, 0.1) is 4.92 Å². The molecule has 8 nitrogen and oxygen atoms in total. The molecule has 0 spiro atoms. The van der Waals surface area contributed by atoms with Gasteiger partial charge >= 0.3 is 17.8 Å². The normalized spacial score (nSPS) is 10.8. The molecule has 0 fully saturated rings. The summed E-state index contributed by atoms with van der Waals surface area (Å²) in [5.74, 6) is -2.03. The fourth-order valence-corrected chi connectivity index (χ4v) is 1.44. The number of pyridine rings is 1. The molecule has 0 amide bonds. The van der Waals surface area contributed by atoms with E-state index in [-0.39, 0.29) is 0 Å². The van der Waals surface area contributed by atoms with Crippen molar-refractivity contribution in [2.75, 3.05) is 18.0 Å². The zero-order valence-electron chi connectivity index (χ0n) is 10.2. The molecule has 0 unspecified atom stereocenters. The van der Waals surface area contributed by atoms with Crippen LogP contribution in [0.1, 0.15) is 5.69 Å². The lowest BCUT2D eigenvalue weighted by Gasteiger charge is -2.22. The third-order valence-corrected chi connectivity index (χ3v) is 2.18. The van der Waals surface area contributed by atoms with E-state index >= 15 is 0 Å². The van der Waals surface area contributed by atoms with Crippen molar-refractivity contribution in [3.05, 3.63) is 27.9 Å². The molecule has 1 N–H and O–H groups in total. The van der Waals surface area contributed by atoms with Gasteiger partial charge in [-0.2, -0.15) is 18.4 Å². The topological polar surface area (TPSA) is 120 Å². The summed E-state index contributed by atoms with van der Waals surface area (Å²) >= 11 is 0. The molecule has 1 aromatic rings. The zero-order chi connectivity index (χ0) is 16.2. The number of alkyl halides is 3. The van der Waals surface area contributed by atoms with Crippen LogP contribution in [0, 0.1) is 21.4 Å². The molecule has 1 heterocycles. The van der Waals surface area contributed by atoms with Gasteiger partial charge in [-0.3, -0.25) is 14.9 Å². The standard InChI is InChI=1S/C10H7F3N4O4/c11-10(12,13)5-16(4-9(18)19)8-2-1-7(17(20)21)6(3-14)15-8/h1-2H,4-5H2,(H,18,19). The van der Waals surface area contributed by atoms with Crippen LogP contribution in [0.25, 0.3) is 0 Å². The Morgan fingerprint density at radius 2 is 2.14 bits per heavy atom. The van der Waals surface area contributed by atoms with Gasteiger partial charge in [-0.1, -0.05) is 0 Å². The number of hydrogen-bond donors (Lipinski definition) is 1. The molecule has 0 saturated heterocycles. The highest BCUT2D eigenvalue weighted by molar-refractivity contribution is 5.73. The summed E-state index contributed by atoms with van der Waals surface area (Å²) in [6, 6.07) is 3.03. The molecule has 112 valence electrons. The molecule has 1 rings (SSSR count). The Kier molecular flexibility index (Phi) is 4.64. The lowest BCUT2D eigenvalue weighted by atomic mass is 10.3. The minimum absolute atomic E-state index is 0.354. The van der Waals surface area contributed by atoms with Crippen LogP contribution in [0.5, 0.6) is 0 Å². The van der Waals surface area contributed by atoms with Crippen molar-refractivity contribution >= 4 is 17.5 Å². The average Bonchev–Trinajstić information content (AvgIpc) is 2.34. The Morgan fingerprint density at radius 1 is 1.52 bits per heavy atom. The summed E-state index contributed by atoms with van der Waals surface area (Å²) < 4.78 is 37.2. The van der Waals surface area contributed by atoms with E-state index in [1.165, 1.54) is 6.07 Å². The minimum Gasteiger partial charge on any atom is -0.480 e. The maximum atomic E-state index is 12.4. The number of aromatic nitrogens is 1. The number of anilines is 1. The molecule has 0 saturated carbocycles. The highest BCUT2D eigenvalue weighted by atomic mass is 19.4. The quantitative estimate of drug-likeness (QED) is 0.643. The Balaban J connectivity index is 3.22. The SMILES string of the molecule is N#Cc1nc(N(CC(=O)O)CC(F)(F)F)ccc1[N+](=O)[O-]. The summed E-state index contributed by atoms with van der Waals surface area (Å²) in [6.45, 7) is -2.63. The maximum absolute atomic E-state index is 12.4. The number of rotatable bonds is 5. The summed E-state index contributed by atoms with van der Waals surface area (Å²) in [4.78, 5) is 24.0. The second kappa shape index (κ2) is 6.04. The van der Waals surface area contributed by atoms with E-state index in [0.29, 0.717) is 4.90 Å². The predicted octanol–water partition coefficient (Wildman–Crippen LogP) is 1.31. The fraction of sp³-hybridized carbons (Fsp3) is 0.300. The van der Waals surface area contributed by atoms with Gasteiger partial charge in [-0.05, 0) is 6.07 Å². The molecule has 0 radical (unpaired) electrons. The van der Waals surface area contributed by atoms with Crippen LogP contribution in [0.4, 0.5) is 24.7 Å². The van der Waals surface area contributed by atoms with Crippen molar-refractivity contribution in [1.82, 2.24) is 4.98 Å². The van der Waals surface area contributed by atoms with Crippen LogP contribution in [0.15, 0.2) is 12.1 Å². The third-order valence-electron chi connectivity index (χ3n) is 2.18. The van der Waals surface area contributed by atoms with Crippen molar-refractivity contribution in [3.8, 4) is 6.07 Å². The van der Waals surface area contributed by atoms with E-state index < -0.39 is 47.4 Å². The molecule has 0 aliphatic rings. The first-order valence-electron chi connectivity index (χ1n) is 5.23. The van der Waals surface area contributed by atoms with E-state index in [0.717, 1.165) is 12.1 Å². The summed E-state index contributed by atoms with van der Waals surface area (Å²) in [6.07, 6.45) is -4.70. The Labute approximate surface area is 115 Å². The molecular formula is C10H7F3N4O4. The van der Waals surface area contributed by atoms with Crippen LogP contribution in [-0.2, 0) is 4.79 Å². The van der Waals surface area contributed by atoms with E-state index in [2.05, 4.69) is 4.98 Å². The molecule has 0 aromatic carbocycles. The molecule has 1 aromatic heterocycles. The molecule has 0 aliphatic heterocycles. The van der Waals surface area contributed by atoms with Gasteiger partial charge in [0.25, 0.3) is 0 Å². The first-order valence-corrected chi connectivity index (χ1v) is 5.23. The number of carboxylic acid groups (broad SMARTS) is 1. The van der Waals surface area contributed by atoms with Gasteiger partial charge in [-0.15, -0.1) is 0 Å². The van der Waals surface area contributed by atoms with E-state index in [1.54, 1.807) is 0 Å². The second-order valence-electron chi connectivity index (χ2n) is 3.77. The summed E-state index contributed by atoms with van der Waals surface area (Å²) in [7, 11) is 0. The van der Waals surface area contributed by atoms with Gasteiger partial charge in [-0.25, -0.2) is 4.98 Å². The van der Waals surface area contributed by atoms with Crippen molar-refractivity contribution in [3.63, 3.8) is 0 Å². The number of halogens is 3. The monoisotopic (exact) mass is 304 g/mol. The van der Waals surface area contributed by atoms with Gasteiger partial charge in [0, 0.05) is 6.07 Å². The van der Waals surface area contributed by atoms with Crippen LogP contribution in [-0.4, -0.2) is 40.2 Å². The summed E-state index contributed by atoms with van der Waals surface area (Å²) in [5.41, 5.74) is -1.38. The zero-order valence-corrected chi connectivity index (χ0v) is 10.2. The second-order valence-corrected chi connectivity index (χ2v) is 3.77. The Morgan fingerprint density at radius 3 is 2.57 bits per heavy atom. The number of nitriles is 1. The summed E-state index contributed by atoms with van der Waals surface area (Å²) in [5, 5.41) is 27.9. The van der Waals surface area contributed by atoms with Crippen molar-refractivity contribution < 1.29 is 28.0 Å². The molecular weight excluding hydrogens is 297 g/mol. The molecule has 0 bridgehead atoms. The number of nitro groups is 1. The molecule has 0 atom stereocenters. The number of nitrogens with zero attached hydrogens (tertiary/aromatic N) is 4. The van der Waals surface area contributed by atoms with Gasteiger partial charge in [0.1, 0.15) is 25.0 Å². The Bertz CT molecular complexity index is 611. The largest absolute Gasteiger partial charge is 0.480 e. The number of carboxylic acids is 1. The fourth-order valence-electron chi connectivity index (χ4n) is 1.44. The third kappa shape index (κ3) is 4.60. The van der Waals surface area contributed by atoms with Crippen LogP contribution < -0.4 is 4.90 Å². The van der Waals surface area contributed by atoms with Gasteiger partial charge in [0.2, 0.25) is 5.69 Å². The number of aliphatic carboxylic acids is 1. The molecule has 11 heteroatoms. The highest BCUT2D eigenvalue weighted by Crippen LogP contribution is 2.24. The van der Waals surface area contributed by atoms with E-state index in [9.17, 15) is 28.1 Å². The highest BCUT2D eigenvalue weighted by Gasteiger charge is 2.33. The van der Waals surface area contributed by atoms with Crippen molar-refractivity contribution in [2.24, 2.45) is 0 Å². The molecule has 21 heavy (non-hydrogen) atoms. The van der Waals surface area contributed by atoms with E-state index in [1.807, 2.05) is 0 Å². The van der Waals surface area contributed by atoms with Crippen molar-refractivity contribution in [1.29, 1.82) is 5.26 Å². The van der Waals surface area contributed by atoms with Crippen LogP contribution in [0.2, 0.25) is 0 Å². The van der Waals surface area contributed by atoms with Gasteiger partial charge in [0.15, 0.2) is 0 Å². The lowest BCUT2D eigenvalue weighted by Crippen LogP contribution is -2.38. The first-order chi connectivity index (χ1) is 9.64. The molecule has 0 aliphatic carbocycles. The minimum atomic E-state index is -4.70. The smallest absolute Gasteiger partial charge is 0.405 e. The number of carbonyl (C=O) groups is 1. The van der Waals surface area contributed by atoms with Crippen molar-refractivity contribution in [2.45, 2.75) is 6.18 Å². The van der Waals surface area contributed by atoms with E-state index in [4.69, 9.17) is 10.4 Å². The maximum Gasteiger partial charge on any atom is 0.405 e. The van der Waals surface area contributed by atoms with Gasteiger partial charge < -0.3 is 10.0 Å². The predicted molar refractivity (Wildman–Crippen MR) is 61.5 cm³/mol. The van der Waals surface area contributed by atoms with Crippen LogP contribution >= 0.6 is 0 Å². The number of hydrogen-bond acceptors (Lipinski definition) is 6. The average molecular weight is 304 g/mol. The Hall–Kier alpha value is -2.90. The van der Waals surface area contributed by atoms with Crippen LogP contribution in [0.3, 0.4) is 0 Å².